The fourth-order valence-electron chi connectivity index (χ4n) is 1.63. The lowest BCUT2D eigenvalue weighted by atomic mass is 10.1. The van der Waals surface area contributed by atoms with Crippen LogP contribution in [0.25, 0.3) is 0 Å². The van der Waals surface area contributed by atoms with E-state index < -0.39 is 21.2 Å². The summed E-state index contributed by atoms with van der Waals surface area (Å²) in [6.07, 6.45) is 1.23. The second-order valence-electron chi connectivity index (χ2n) is 3.89. The quantitative estimate of drug-likeness (QED) is 0.754. The Hall–Kier alpha value is -0.660. The largest absolute Gasteiger partial charge is 0.480 e. The highest BCUT2D eigenvalue weighted by Crippen LogP contribution is 2.18. The van der Waals surface area contributed by atoms with E-state index in [1.807, 2.05) is 0 Å². The van der Waals surface area contributed by atoms with E-state index in [4.69, 9.17) is 9.84 Å². The normalized spacial score (nSPS) is 20.9. The van der Waals surface area contributed by atoms with Crippen molar-refractivity contribution in [2.24, 2.45) is 0 Å². The van der Waals surface area contributed by atoms with Crippen LogP contribution in [0.2, 0.25) is 0 Å². The van der Waals surface area contributed by atoms with E-state index in [0.29, 0.717) is 26.1 Å². The smallest absolute Gasteiger partial charge is 0.323 e. The van der Waals surface area contributed by atoms with Crippen LogP contribution < -0.4 is 0 Å². The summed E-state index contributed by atoms with van der Waals surface area (Å²) in [5.41, 5.74) is 0. The summed E-state index contributed by atoms with van der Waals surface area (Å²) in [5, 5.41) is 7.33. The molecule has 1 aliphatic rings. The molecule has 0 spiro atoms. The average Bonchev–Trinajstić information content (AvgIpc) is 2.28. The molecule has 94 valence electrons. The Morgan fingerprint density at radius 3 is 2.38 bits per heavy atom. The van der Waals surface area contributed by atoms with Gasteiger partial charge in [-0.25, -0.2) is 12.7 Å². The molecule has 1 rings (SSSR count). The average molecular weight is 251 g/mol. The molecule has 1 unspecified atom stereocenters. The van der Waals surface area contributed by atoms with Crippen molar-refractivity contribution in [2.75, 3.05) is 20.3 Å². The minimum Gasteiger partial charge on any atom is -0.480 e. The number of carbonyl (C=O) groups is 1. The number of hydrogen-bond acceptors (Lipinski definition) is 4. The van der Waals surface area contributed by atoms with Crippen molar-refractivity contribution < 1.29 is 23.1 Å². The third-order valence-electron chi connectivity index (χ3n) is 2.90. The van der Waals surface area contributed by atoms with Crippen molar-refractivity contribution in [1.29, 1.82) is 0 Å². The lowest BCUT2D eigenvalue weighted by molar-refractivity contribution is -0.136. The van der Waals surface area contributed by atoms with Gasteiger partial charge >= 0.3 is 5.97 Å². The van der Waals surface area contributed by atoms with Crippen LogP contribution in [0.1, 0.15) is 19.8 Å². The molecule has 0 radical (unpaired) electrons. The Morgan fingerprint density at radius 2 is 1.94 bits per heavy atom. The number of carboxylic acids is 1. The zero-order valence-electron chi connectivity index (χ0n) is 9.42. The van der Waals surface area contributed by atoms with Gasteiger partial charge < -0.3 is 9.84 Å². The highest BCUT2D eigenvalue weighted by Gasteiger charge is 2.35. The zero-order valence-corrected chi connectivity index (χ0v) is 10.2. The predicted molar refractivity (Wildman–Crippen MR) is 57.6 cm³/mol. The van der Waals surface area contributed by atoms with E-state index in [-0.39, 0.29) is 6.04 Å². The lowest BCUT2D eigenvalue weighted by Gasteiger charge is -2.31. The van der Waals surface area contributed by atoms with Crippen molar-refractivity contribution in [1.82, 2.24) is 4.31 Å². The van der Waals surface area contributed by atoms with Crippen LogP contribution in [0.3, 0.4) is 0 Å². The van der Waals surface area contributed by atoms with Gasteiger partial charge in [-0.2, -0.15) is 0 Å². The summed E-state index contributed by atoms with van der Waals surface area (Å²) in [6.45, 7) is 2.23. The van der Waals surface area contributed by atoms with Crippen LogP contribution in [-0.4, -0.2) is 55.4 Å². The van der Waals surface area contributed by atoms with Crippen molar-refractivity contribution in [3.8, 4) is 0 Å². The summed E-state index contributed by atoms with van der Waals surface area (Å²) in [6, 6.07) is -0.152. The van der Waals surface area contributed by atoms with Gasteiger partial charge in [0.05, 0.1) is 0 Å². The van der Waals surface area contributed by atoms with Crippen molar-refractivity contribution in [3.05, 3.63) is 0 Å². The Kier molecular flexibility index (Phi) is 4.28. The van der Waals surface area contributed by atoms with Crippen LogP contribution in [0.15, 0.2) is 0 Å². The molecule has 1 heterocycles. The molecule has 0 bridgehead atoms. The number of sulfonamides is 1. The third kappa shape index (κ3) is 2.72. The molecule has 0 aromatic carbocycles. The molecular weight excluding hydrogens is 234 g/mol. The van der Waals surface area contributed by atoms with Crippen molar-refractivity contribution >= 4 is 16.0 Å². The number of ether oxygens (including phenoxy) is 1. The second kappa shape index (κ2) is 5.11. The maximum Gasteiger partial charge on any atom is 0.323 e. The maximum atomic E-state index is 11.9. The van der Waals surface area contributed by atoms with Crippen LogP contribution in [0.5, 0.6) is 0 Å². The third-order valence-corrected chi connectivity index (χ3v) is 5.10. The summed E-state index contributed by atoms with van der Waals surface area (Å²) in [5.74, 6) is -1.32. The summed E-state index contributed by atoms with van der Waals surface area (Å²) in [4.78, 5) is 10.7. The minimum atomic E-state index is -3.76. The zero-order chi connectivity index (χ0) is 12.3. The second-order valence-corrected chi connectivity index (χ2v) is 6.20. The molecule has 0 aromatic rings. The van der Waals surface area contributed by atoms with Gasteiger partial charge in [0.1, 0.15) is 0 Å². The van der Waals surface area contributed by atoms with E-state index in [0.717, 1.165) is 0 Å². The van der Waals surface area contributed by atoms with Crippen LogP contribution in [-0.2, 0) is 19.6 Å². The first-order valence-corrected chi connectivity index (χ1v) is 6.65. The highest BCUT2D eigenvalue weighted by molar-refractivity contribution is 7.90. The molecule has 6 nitrogen and oxygen atoms in total. The van der Waals surface area contributed by atoms with Gasteiger partial charge in [-0.1, -0.05) is 0 Å². The highest BCUT2D eigenvalue weighted by atomic mass is 32.2. The van der Waals surface area contributed by atoms with E-state index in [1.165, 1.54) is 18.3 Å². The van der Waals surface area contributed by atoms with E-state index >= 15 is 0 Å². The van der Waals surface area contributed by atoms with E-state index in [2.05, 4.69) is 0 Å². The maximum absolute atomic E-state index is 11.9. The Labute approximate surface area is 95.2 Å². The molecule has 1 aliphatic heterocycles. The molecule has 1 N–H and O–H groups in total. The molecule has 0 saturated carbocycles. The van der Waals surface area contributed by atoms with Crippen LogP contribution >= 0.6 is 0 Å². The number of rotatable bonds is 4. The number of nitrogens with zero attached hydrogens (tertiary/aromatic N) is 1. The van der Waals surface area contributed by atoms with E-state index in [1.54, 1.807) is 0 Å². The molecular formula is C9H17NO5S. The van der Waals surface area contributed by atoms with Gasteiger partial charge in [0.2, 0.25) is 10.0 Å². The van der Waals surface area contributed by atoms with Gasteiger partial charge in [-0.3, -0.25) is 4.79 Å². The Balaban J connectivity index is 2.78. The molecule has 16 heavy (non-hydrogen) atoms. The summed E-state index contributed by atoms with van der Waals surface area (Å²) >= 11 is 0. The molecule has 0 aliphatic carbocycles. The summed E-state index contributed by atoms with van der Waals surface area (Å²) < 4.78 is 30.1. The first-order valence-electron chi connectivity index (χ1n) is 5.14. The van der Waals surface area contributed by atoms with Crippen molar-refractivity contribution in [2.45, 2.75) is 31.1 Å². The number of hydrogen-bond donors (Lipinski definition) is 1. The van der Waals surface area contributed by atoms with Crippen LogP contribution in [0.4, 0.5) is 0 Å². The molecule has 0 aromatic heterocycles. The lowest BCUT2D eigenvalue weighted by Crippen LogP contribution is -2.46. The van der Waals surface area contributed by atoms with E-state index in [9.17, 15) is 13.2 Å². The minimum absolute atomic E-state index is 0.152. The fraction of sp³-hybridized carbons (Fsp3) is 0.889. The van der Waals surface area contributed by atoms with Crippen LogP contribution in [0, 0.1) is 0 Å². The number of carboxylic acid groups (broad SMARTS) is 1. The van der Waals surface area contributed by atoms with Crippen molar-refractivity contribution in [3.63, 3.8) is 0 Å². The first kappa shape index (κ1) is 13.4. The Bertz CT molecular complexity index is 347. The first-order chi connectivity index (χ1) is 7.37. The predicted octanol–water partition coefficient (Wildman–Crippen LogP) is -0.0999. The Morgan fingerprint density at radius 1 is 1.44 bits per heavy atom. The van der Waals surface area contributed by atoms with Gasteiger partial charge in [0.25, 0.3) is 0 Å². The monoisotopic (exact) mass is 251 g/mol. The fourth-order valence-corrected chi connectivity index (χ4v) is 3.01. The number of aliphatic carboxylic acids is 1. The standard InChI is InChI=1S/C9H17NO5S/c1-7(9(11)12)16(13,14)10(2)8-3-5-15-6-4-8/h7-8H,3-6H2,1-2H3,(H,11,12). The topological polar surface area (TPSA) is 83.9 Å². The molecule has 1 atom stereocenters. The van der Waals surface area contributed by atoms with Gasteiger partial charge in [-0.15, -0.1) is 0 Å². The molecule has 0 amide bonds. The molecule has 1 saturated heterocycles. The molecule has 7 heteroatoms. The molecule has 1 fully saturated rings. The van der Waals surface area contributed by atoms with Gasteiger partial charge in [-0.05, 0) is 19.8 Å². The van der Waals surface area contributed by atoms with Gasteiger partial charge in [0.15, 0.2) is 5.25 Å². The van der Waals surface area contributed by atoms with Gasteiger partial charge in [0, 0.05) is 26.3 Å². The summed E-state index contributed by atoms with van der Waals surface area (Å²) in [7, 11) is -2.32. The SMILES string of the molecule is CC(C(=O)O)S(=O)(=O)N(C)C1CCOCC1.